The maximum absolute atomic E-state index is 9.00. The van der Waals surface area contributed by atoms with Crippen molar-refractivity contribution in [3.63, 3.8) is 0 Å². The summed E-state index contributed by atoms with van der Waals surface area (Å²) in [6, 6.07) is 22.0. The quantitative estimate of drug-likeness (QED) is 0.204. The van der Waals surface area contributed by atoms with E-state index in [1.807, 2.05) is 0 Å². The van der Waals surface area contributed by atoms with Crippen molar-refractivity contribution in [2.45, 2.75) is 19.8 Å². The van der Waals surface area contributed by atoms with Crippen LogP contribution in [-0.2, 0) is 4.79 Å². The van der Waals surface area contributed by atoms with Crippen molar-refractivity contribution in [2.24, 2.45) is 9.98 Å². The lowest BCUT2D eigenvalue weighted by Gasteiger charge is -2.14. The zero-order valence-corrected chi connectivity index (χ0v) is 22.5. The second kappa shape index (κ2) is 10.8. The minimum atomic E-state index is -0.833. The summed E-state index contributed by atoms with van der Waals surface area (Å²) >= 11 is 1.80. The normalized spacial score (nSPS) is 15.1. The maximum Gasteiger partial charge on any atom is 0.300 e. The molecule has 0 spiro atoms. The molecule has 39 heavy (non-hydrogen) atoms. The SMILES string of the molecule is CC(=O)O.c1cc2cc(-c3ccc(-c4cc5ccc(C6=NCCCN6)cc5[nH]4)s3)[nH]c2cc1C1=NCCCN1. The fourth-order valence-electron chi connectivity index (χ4n) is 4.89. The van der Waals surface area contributed by atoms with E-state index in [0.717, 1.165) is 91.2 Å². The van der Waals surface area contributed by atoms with Gasteiger partial charge in [0.15, 0.2) is 0 Å². The standard InChI is InChI=1S/C28H26N6S.C2H4O2/c1-9-29-27(30-10-1)19-5-3-17-13-23(33-21(17)15-19)25-7-8-26(35-25)24-14-18-4-6-20(16-22(18)34-24)28-31-11-2-12-32-28;1-2(3)4/h3-8,13-16,33-34H,1-2,9-12H2,(H,29,30)(H,31,32);1H3,(H,3,4). The van der Waals surface area contributed by atoms with Gasteiger partial charge in [-0.2, -0.15) is 0 Å². The van der Waals surface area contributed by atoms with Crippen molar-refractivity contribution in [1.82, 2.24) is 20.6 Å². The van der Waals surface area contributed by atoms with Crippen molar-refractivity contribution in [2.75, 3.05) is 26.2 Å². The van der Waals surface area contributed by atoms with E-state index in [0.29, 0.717) is 0 Å². The summed E-state index contributed by atoms with van der Waals surface area (Å²) in [5, 5.41) is 16.7. The highest BCUT2D eigenvalue weighted by atomic mass is 32.1. The van der Waals surface area contributed by atoms with E-state index in [4.69, 9.17) is 9.90 Å². The Bertz CT molecular complexity index is 1600. The molecule has 198 valence electrons. The number of thiophene rings is 1. The molecule has 5 aromatic rings. The third kappa shape index (κ3) is 5.44. The van der Waals surface area contributed by atoms with E-state index in [2.05, 4.69) is 91.3 Å². The van der Waals surface area contributed by atoms with E-state index in [1.165, 1.54) is 20.5 Å². The fourth-order valence-corrected chi connectivity index (χ4v) is 5.84. The van der Waals surface area contributed by atoms with Crippen LogP contribution in [0.1, 0.15) is 30.9 Å². The van der Waals surface area contributed by atoms with Gasteiger partial charge in [-0.1, -0.05) is 24.3 Å². The monoisotopic (exact) mass is 538 g/mol. The highest BCUT2D eigenvalue weighted by Crippen LogP contribution is 2.36. The first-order valence-electron chi connectivity index (χ1n) is 13.2. The number of aromatic nitrogens is 2. The predicted octanol–water partition coefficient (Wildman–Crippen LogP) is 5.62. The first kappa shape index (κ1) is 24.9. The van der Waals surface area contributed by atoms with Crippen LogP contribution in [0, 0.1) is 0 Å². The van der Waals surface area contributed by atoms with E-state index < -0.39 is 5.97 Å². The van der Waals surface area contributed by atoms with Gasteiger partial charge in [-0.3, -0.25) is 14.8 Å². The Balaban J connectivity index is 0.000000650. The van der Waals surface area contributed by atoms with Crippen LogP contribution in [0.15, 0.2) is 70.6 Å². The summed E-state index contributed by atoms with van der Waals surface area (Å²) in [4.78, 5) is 28.0. The topological polar surface area (TPSA) is 118 Å². The second-order valence-electron chi connectivity index (χ2n) is 9.67. The van der Waals surface area contributed by atoms with Crippen molar-refractivity contribution < 1.29 is 9.90 Å². The molecule has 2 aromatic carbocycles. The number of rotatable bonds is 4. The number of hydrogen-bond acceptors (Lipinski definition) is 6. The van der Waals surface area contributed by atoms with Gasteiger partial charge in [-0.15, -0.1) is 11.3 Å². The van der Waals surface area contributed by atoms with Crippen molar-refractivity contribution in [3.8, 4) is 21.1 Å². The molecule has 0 atom stereocenters. The van der Waals surface area contributed by atoms with Gasteiger partial charge in [-0.05, 0) is 49.2 Å². The van der Waals surface area contributed by atoms with Crippen molar-refractivity contribution in [1.29, 1.82) is 0 Å². The molecule has 3 aromatic heterocycles. The number of carboxylic acids is 1. The van der Waals surface area contributed by atoms with Crippen LogP contribution in [0.4, 0.5) is 0 Å². The van der Waals surface area contributed by atoms with E-state index >= 15 is 0 Å². The molecule has 0 saturated carbocycles. The molecule has 0 radical (unpaired) electrons. The van der Waals surface area contributed by atoms with E-state index in [9.17, 15) is 0 Å². The van der Waals surface area contributed by atoms with E-state index in [1.54, 1.807) is 11.3 Å². The minimum absolute atomic E-state index is 0.833. The second-order valence-corrected chi connectivity index (χ2v) is 10.8. The molecule has 0 bridgehead atoms. The summed E-state index contributed by atoms with van der Waals surface area (Å²) in [6.07, 6.45) is 2.20. The Morgan fingerprint density at radius 2 is 1.21 bits per heavy atom. The van der Waals surface area contributed by atoms with Gasteiger partial charge < -0.3 is 25.7 Å². The predicted molar refractivity (Wildman–Crippen MR) is 160 cm³/mol. The van der Waals surface area contributed by atoms with Gasteiger partial charge in [-0.25, -0.2) is 0 Å². The molecule has 0 saturated heterocycles. The van der Waals surface area contributed by atoms with Crippen molar-refractivity contribution in [3.05, 3.63) is 71.8 Å². The zero-order chi connectivity index (χ0) is 26.8. The average Bonchev–Trinajstić information content (AvgIpc) is 3.70. The molecule has 0 amide bonds. The van der Waals surface area contributed by atoms with E-state index in [-0.39, 0.29) is 0 Å². The van der Waals surface area contributed by atoms with Gasteiger partial charge in [0.2, 0.25) is 0 Å². The third-order valence-corrected chi connectivity index (χ3v) is 7.88. The maximum atomic E-state index is 9.00. The molecular weight excluding hydrogens is 508 g/mol. The molecule has 0 unspecified atom stereocenters. The number of nitrogens with zero attached hydrogens (tertiary/aromatic N) is 2. The molecule has 9 heteroatoms. The number of benzene rings is 2. The van der Waals surface area contributed by atoms with Crippen LogP contribution in [0.25, 0.3) is 42.9 Å². The Hall–Kier alpha value is -4.37. The van der Waals surface area contributed by atoms with Crippen LogP contribution in [0.3, 0.4) is 0 Å². The molecule has 7 rings (SSSR count). The van der Waals surface area contributed by atoms with Crippen LogP contribution in [-0.4, -0.2) is 58.9 Å². The summed E-state index contributed by atoms with van der Waals surface area (Å²) in [5.41, 5.74) is 6.85. The van der Waals surface area contributed by atoms with Crippen LogP contribution < -0.4 is 10.6 Å². The summed E-state index contributed by atoms with van der Waals surface area (Å²) in [5.74, 6) is 1.17. The third-order valence-electron chi connectivity index (χ3n) is 6.72. The number of aliphatic imine (C=N–C) groups is 2. The minimum Gasteiger partial charge on any atom is -0.481 e. The molecular formula is C30H30N6O2S. The lowest BCUT2D eigenvalue weighted by molar-refractivity contribution is -0.134. The van der Waals surface area contributed by atoms with Crippen LogP contribution in [0.5, 0.6) is 0 Å². The lowest BCUT2D eigenvalue weighted by atomic mass is 10.1. The van der Waals surface area contributed by atoms with Crippen molar-refractivity contribution >= 4 is 50.8 Å². The van der Waals surface area contributed by atoms with Crippen LogP contribution in [0.2, 0.25) is 0 Å². The highest BCUT2D eigenvalue weighted by molar-refractivity contribution is 7.18. The Labute approximate surface area is 229 Å². The molecule has 2 aliphatic heterocycles. The number of carbonyl (C=O) groups is 1. The number of nitrogens with one attached hydrogen (secondary N) is 4. The number of hydrogen-bond donors (Lipinski definition) is 5. The number of aliphatic carboxylic acids is 1. The smallest absolute Gasteiger partial charge is 0.300 e. The zero-order valence-electron chi connectivity index (χ0n) is 21.7. The Morgan fingerprint density at radius 1 is 0.744 bits per heavy atom. The van der Waals surface area contributed by atoms with Gasteiger partial charge in [0.25, 0.3) is 5.97 Å². The number of aromatic amines is 2. The van der Waals surface area contributed by atoms with Gasteiger partial charge in [0.1, 0.15) is 11.7 Å². The Morgan fingerprint density at radius 3 is 1.62 bits per heavy atom. The number of carboxylic acid groups (broad SMARTS) is 1. The molecule has 2 aliphatic rings. The first-order valence-corrected chi connectivity index (χ1v) is 14.0. The van der Waals surface area contributed by atoms with Gasteiger partial charge in [0.05, 0.1) is 21.1 Å². The highest BCUT2D eigenvalue weighted by Gasteiger charge is 2.13. The average molecular weight is 539 g/mol. The molecule has 8 nitrogen and oxygen atoms in total. The molecule has 5 heterocycles. The lowest BCUT2D eigenvalue weighted by Crippen LogP contribution is -2.30. The molecule has 5 N–H and O–H groups in total. The van der Waals surface area contributed by atoms with Gasteiger partial charge >= 0.3 is 0 Å². The molecule has 0 fully saturated rings. The fraction of sp³-hybridized carbons (Fsp3) is 0.233. The first-order chi connectivity index (χ1) is 19.0. The Kier molecular flexibility index (Phi) is 6.89. The summed E-state index contributed by atoms with van der Waals surface area (Å²) in [6.45, 7) is 4.86. The number of fused-ring (bicyclic) bond motifs is 2. The number of H-pyrrole nitrogens is 2. The number of amidine groups is 2. The summed E-state index contributed by atoms with van der Waals surface area (Å²) in [7, 11) is 0. The summed E-state index contributed by atoms with van der Waals surface area (Å²) < 4.78 is 0. The van der Waals surface area contributed by atoms with Crippen LogP contribution >= 0.6 is 11.3 Å². The van der Waals surface area contributed by atoms with Gasteiger partial charge in [0, 0.05) is 66.0 Å². The largest absolute Gasteiger partial charge is 0.481 e. The molecule has 0 aliphatic carbocycles.